The van der Waals surface area contributed by atoms with Gasteiger partial charge in [-0.05, 0) is 29.7 Å². The van der Waals surface area contributed by atoms with Crippen LogP contribution < -0.4 is 4.90 Å². The number of anilines is 1. The summed E-state index contributed by atoms with van der Waals surface area (Å²) in [6, 6.07) is 15.8. The third-order valence-corrected chi connectivity index (χ3v) is 3.67. The minimum Gasteiger partial charge on any atom is -0.462 e. The lowest BCUT2D eigenvalue weighted by Gasteiger charge is -2.19. The van der Waals surface area contributed by atoms with Gasteiger partial charge in [-0.1, -0.05) is 43.3 Å². The summed E-state index contributed by atoms with van der Waals surface area (Å²) in [5.74, 6) is -0.239. The molecule has 22 heavy (non-hydrogen) atoms. The Bertz CT molecular complexity index is 621. The number of hydrogen-bond donors (Lipinski definition) is 0. The van der Waals surface area contributed by atoms with Crippen molar-refractivity contribution in [2.24, 2.45) is 0 Å². The summed E-state index contributed by atoms with van der Waals surface area (Å²) >= 11 is 0. The highest BCUT2D eigenvalue weighted by atomic mass is 16.5. The van der Waals surface area contributed by atoms with E-state index in [2.05, 4.69) is 6.92 Å². The number of esters is 1. The van der Waals surface area contributed by atoms with Crippen LogP contribution in [0.25, 0.3) is 0 Å². The molecule has 3 nitrogen and oxygen atoms in total. The number of benzene rings is 2. The molecule has 2 rings (SSSR count). The molecule has 116 valence electrons. The quantitative estimate of drug-likeness (QED) is 0.761. The molecule has 0 amide bonds. The first-order chi connectivity index (χ1) is 10.6. The van der Waals surface area contributed by atoms with Crippen molar-refractivity contribution in [1.82, 2.24) is 0 Å². The predicted octanol–water partition coefficient (Wildman–Crippen LogP) is 3.71. The van der Waals surface area contributed by atoms with Gasteiger partial charge in [0, 0.05) is 26.2 Å². The number of nitrogens with zero attached hydrogens (tertiary/aromatic N) is 1. The van der Waals surface area contributed by atoms with E-state index < -0.39 is 0 Å². The van der Waals surface area contributed by atoms with E-state index in [9.17, 15) is 4.79 Å². The Hall–Kier alpha value is -2.29. The number of rotatable bonds is 6. The maximum atomic E-state index is 12.3. The molecule has 0 aliphatic heterocycles. The molecular weight excluding hydrogens is 274 g/mol. The molecule has 2 aromatic carbocycles. The Morgan fingerprint density at radius 3 is 2.41 bits per heavy atom. The zero-order valence-corrected chi connectivity index (χ0v) is 13.5. The van der Waals surface area contributed by atoms with Gasteiger partial charge in [0.25, 0.3) is 0 Å². The zero-order chi connectivity index (χ0) is 15.9. The smallest absolute Gasteiger partial charge is 0.338 e. The topological polar surface area (TPSA) is 29.5 Å². The molecule has 0 bridgehead atoms. The van der Waals surface area contributed by atoms with Crippen molar-refractivity contribution in [2.45, 2.75) is 19.8 Å². The van der Waals surface area contributed by atoms with Crippen molar-refractivity contribution >= 4 is 11.7 Å². The Kier molecular flexibility index (Phi) is 5.59. The molecule has 0 aromatic heterocycles. The van der Waals surface area contributed by atoms with Gasteiger partial charge in [0.1, 0.15) is 0 Å². The lowest BCUT2D eigenvalue weighted by molar-refractivity contribution is 0.0508. The van der Waals surface area contributed by atoms with Gasteiger partial charge in [0.2, 0.25) is 0 Å². The van der Waals surface area contributed by atoms with Gasteiger partial charge in [0.05, 0.1) is 12.2 Å². The van der Waals surface area contributed by atoms with Crippen LogP contribution in [-0.4, -0.2) is 26.7 Å². The molecule has 0 fully saturated rings. The van der Waals surface area contributed by atoms with E-state index in [1.165, 1.54) is 5.56 Å². The van der Waals surface area contributed by atoms with E-state index >= 15 is 0 Å². The van der Waals surface area contributed by atoms with Crippen LogP contribution in [-0.2, 0) is 17.6 Å². The van der Waals surface area contributed by atoms with Crippen molar-refractivity contribution in [3.63, 3.8) is 0 Å². The molecule has 0 N–H and O–H groups in total. The Morgan fingerprint density at radius 1 is 1.05 bits per heavy atom. The van der Waals surface area contributed by atoms with Crippen LogP contribution in [0, 0.1) is 0 Å². The lowest BCUT2D eigenvalue weighted by Crippen LogP contribution is -2.16. The summed E-state index contributed by atoms with van der Waals surface area (Å²) in [7, 11) is 3.97. The predicted molar refractivity (Wildman–Crippen MR) is 90.6 cm³/mol. The summed E-state index contributed by atoms with van der Waals surface area (Å²) < 4.78 is 5.45. The Balaban J connectivity index is 2.05. The van der Waals surface area contributed by atoms with E-state index in [0.717, 1.165) is 24.1 Å². The van der Waals surface area contributed by atoms with Crippen molar-refractivity contribution in [3.8, 4) is 0 Å². The molecule has 2 aromatic rings. The highest BCUT2D eigenvalue weighted by molar-refractivity contribution is 5.93. The number of carbonyl (C=O) groups is 1. The number of carbonyl (C=O) groups excluding carboxylic acids is 1. The normalized spacial score (nSPS) is 10.3. The van der Waals surface area contributed by atoms with Crippen LogP contribution in [0.1, 0.15) is 28.4 Å². The van der Waals surface area contributed by atoms with E-state index in [4.69, 9.17) is 4.74 Å². The van der Waals surface area contributed by atoms with Gasteiger partial charge in [-0.25, -0.2) is 4.79 Å². The third kappa shape index (κ3) is 3.88. The van der Waals surface area contributed by atoms with Crippen LogP contribution in [0.5, 0.6) is 0 Å². The van der Waals surface area contributed by atoms with Crippen LogP contribution in [0.2, 0.25) is 0 Å². The second-order valence-electron chi connectivity index (χ2n) is 5.42. The lowest BCUT2D eigenvalue weighted by atomic mass is 10.0. The molecule has 0 saturated heterocycles. The van der Waals surface area contributed by atoms with Gasteiger partial charge < -0.3 is 9.64 Å². The van der Waals surface area contributed by atoms with E-state index in [-0.39, 0.29) is 5.97 Å². The van der Waals surface area contributed by atoms with Crippen LogP contribution in [0.15, 0.2) is 48.5 Å². The van der Waals surface area contributed by atoms with Gasteiger partial charge in [0.15, 0.2) is 0 Å². The largest absolute Gasteiger partial charge is 0.462 e. The molecule has 0 spiro atoms. The molecule has 3 heteroatoms. The fourth-order valence-electron chi connectivity index (χ4n) is 2.54. The Morgan fingerprint density at radius 2 is 1.77 bits per heavy atom. The van der Waals surface area contributed by atoms with Gasteiger partial charge in [-0.15, -0.1) is 0 Å². The molecule has 0 saturated carbocycles. The first kappa shape index (κ1) is 16.1. The van der Waals surface area contributed by atoms with Crippen molar-refractivity contribution < 1.29 is 9.53 Å². The van der Waals surface area contributed by atoms with Crippen molar-refractivity contribution in [3.05, 3.63) is 65.2 Å². The van der Waals surface area contributed by atoms with Gasteiger partial charge in [-0.3, -0.25) is 0 Å². The summed E-state index contributed by atoms with van der Waals surface area (Å²) in [5, 5.41) is 0. The van der Waals surface area contributed by atoms with E-state index in [1.54, 1.807) is 0 Å². The first-order valence-corrected chi connectivity index (χ1v) is 7.63. The summed E-state index contributed by atoms with van der Waals surface area (Å²) in [6.07, 6.45) is 1.54. The van der Waals surface area contributed by atoms with Crippen LogP contribution in [0.3, 0.4) is 0 Å². The summed E-state index contributed by atoms with van der Waals surface area (Å²) in [5.41, 5.74) is 3.95. The van der Waals surface area contributed by atoms with Crippen LogP contribution in [0.4, 0.5) is 5.69 Å². The standard InChI is InChI=1S/C19H23NO2/c1-4-16-17(11-8-12-18(16)20(2)3)19(21)22-14-13-15-9-6-5-7-10-15/h5-12H,4,13-14H2,1-3H3. The van der Waals surface area contributed by atoms with E-state index in [0.29, 0.717) is 12.2 Å². The fraction of sp³-hybridized carbons (Fsp3) is 0.316. The van der Waals surface area contributed by atoms with E-state index in [1.807, 2.05) is 67.5 Å². The average molecular weight is 297 g/mol. The van der Waals surface area contributed by atoms with Gasteiger partial charge >= 0.3 is 5.97 Å². The highest BCUT2D eigenvalue weighted by Crippen LogP contribution is 2.23. The molecule has 0 aliphatic rings. The molecule has 0 aliphatic carbocycles. The average Bonchev–Trinajstić information content (AvgIpc) is 2.54. The monoisotopic (exact) mass is 297 g/mol. The third-order valence-electron chi connectivity index (χ3n) is 3.67. The molecule has 0 heterocycles. The molecule has 0 unspecified atom stereocenters. The second kappa shape index (κ2) is 7.64. The molecule has 0 radical (unpaired) electrons. The molecule has 0 atom stereocenters. The fourth-order valence-corrected chi connectivity index (χ4v) is 2.54. The zero-order valence-electron chi connectivity index (χ0n) is 13.5. The SMILES string of the molecule is CCc1c(C(=O)OCCc2ccccc2)cccc1N(C)C. The summed E-state index contributed by atoms with van der Waals surface area (Å²) in [6.45, 7) is 2.46. The first-order valence-electron chi connectivity index (χ1n) is 7.63. The highest BCUT2D eigenvalue weighted by Gasteiger charge is 2.15. The Labute approximate surface area is 132 Å². The summed E-state index contributed by atoms with van der Waals surface area (Å²) in [4.78, 5) is 14.4. The van der Waals surface area contributed by atoms with Crippen LogP contribution >= 0.6 is 0 Å². The van der Waals surface area contributed by atoms with Crippen molar-refractivity contribution in [2.75, 3.05) is 25.6 Å². The van der Waals surface area contributed by atoms with Crippen molar-refractivity contribution in [1.29, 1.82) is 0 Å². The number of ether oxygens (including phenoxy) is 1. The minimum atomic E-state index is -0.239. The second-order valence-corrected chi connectivity index (χ2v) is 5.42. The maximum Gasteiger partial charge on any atom is 0.338 e. The minimum absolute atomic E-state index is 0.239. The van der Waals surface area contributed by atoms with Gasteiger partial charge in [-0.2, -0.15) is 0 Å². The number of hydrogen-bond acceptors (Lipinski definition) is 3. The maximum absolute atomic E-state index is 12.3. The molecular formula is C19H23NO2.